The van der Waals surface area contributed by atoms with E-state index in [4.69, 9.17) is 4.74 Å². The summed E-state index contributed by atoms with van der Waals surface area (Å²) in [4.78, 5) is 26.3. The monoisotopic (exact) mass is 364 g/mol. The van der Waals surface area contributed by atoms with Crippen LogP contribution in [0, 0.1) is 13.8 Å². The second kappa shape index (κ2) is 7.10. The molecule has 1 heterocycles. The Labute approximate surface area is 146 Å². The number of ether oxygens (including phenoxy) is 1. The largest absolute Gasteiger partial charge is 0.462 e. The van der Waals surface area contributed by atoms with Crippen LogP contribution in [0.4, 0.5) is 5.69 Å². The fourth-order valence-corrected chi connectivity index (χ4v) is 4.05. The Kier molecular flexibility index (Phi) is 5.32. The highest BCUT2D eigenvalue weighted by molar-refractivity contribution is 7.92. The number of sulfonamides is 1. The van der Waals surface area contributed by atoms with Gasteiger partial charge in [-0.3, -0.25) is 9.52 Å². The van der Waals surface area contributed by atoms with E-state index in [9.17, 15) is 18.0 Å². The lowest BCUT2D eigenvalue weighted by atomic mass is 10.1. The topological polar surface area (TPSA) is 105 Å². The first-order valence-corrected chi connectivity index (χ1v) is 9.15. The summed E-state index contributed by atoms with van der Waals surface area (Å²) >= 11 is 0. The molecular formula is C17H20N2O5S. The highest BCUT2D eigenvalue weighted by Crippen LogP contribution is 2.27. The molecule has 0 unspecified atom stereocenters. The van der Waals surface area contributed by atoms with Gasteiger partial charge in [0.05, 0.1) is 6.61 Å². The number of esters is 1. The average molecular weight is 364 g/mol. The van der Waals surface area contributed by atoms with E-state index in [0.717, 1.165) is 0 Å². The van der Waals surface area contributed by atoms with E-state index in [1.807, 2.05) is 0 Å². The first kappa shape index (κ1) is 18.7. The number of aromatic nitrogens is 1. The highest BCUT2D eigenvalue weighted by atomic mass is 32.2. The maximum Gasteiger partial charge on any atom is 0.341 e. The van der Waals surface area contributed by atoms with Crippen molar-refractivity contribution in [3.05, 3.63) is 46.8 Å². The number of hydrogen-bond acceptors (Lipinski definition) is 5. The minimum Gasteiger partial charge on any atom is -0.462 e. The number of nitrogens with one attached hydrogen (secondary N) is 2. The Morgan fingerprint density at radius 2 is 1.88 bits per heavy atom. The van der Waals surface area contributed by atoms with Gasteiger partial charge >= 0.3 is 5.97 Å². The predicted octanol–water partition coefficient (Wildman–Crippen LogP) is 2.81. The summed E-state index contributed by atoms with van der Waals surface area (Å²) in [6.45, 7) is 6.35. The fourth-order valence-electron chi connectivity index (χ4n) is 2.55. The number of aromatic amines is 1. The van der Waals surface area contributed by atoms with Gasteiger partial charge in [0.2, 0.25) is 0 Å². The summed E-state index contributed by atoms with van der Waals surface area (Å²) in [5.74, 6) is -0.885. The minimum atomic E-state index is -4.05. The van der Waals surface area contributed by atoms with Crippen LogP contribution in [-0.2, 0) is 14.8 Å². The van der Waals surface area contributed by atoms with Crippen LogP contribution in [0.15, 0.2) is 29.2 Å². The number of carbonyl (C=O) groups is 2. The average Bonchev–Trinajstić information content (AvgIpc) is 2.82. The molecule has 0 aliphatic heterocycles. The molecule has 1 aromatic heterocycles. The molecule has 0 radical (unpaired) electrons. The SMILES string of the molecule is CCOC(=O)c1c(C)[nH]c(C)c1S(=O)(=O)Nc1cccc(C(C)=O)c1. The van der Waals surface area contributed by atoms with Crippen LogP contribution in [0.2, 0.25) is 0 Å². The Morgan fingerprint density at radius 1 is 1.20 bits per heavy atom. The van der Waals surface area contributed by atoms with Crippen molar-refractivity contribution in [1.82, 2.24) is 4.98 Å². The Morgan fingerprint density at radius 3 is 2.48 bits per heavy atom. The molecule has 0 fully saturated rings. The van der Waals surface area contributed by atoms with Gasteiger partial charge < -0.3 is 9.72 Å². The molecule has 7 nitrogen and oxygen atoms in total. The van der Waals surface area contributed by atoms with Gasteiger partial charge in [0.15, 0.2) is 5.78 Å². The van der Waals surface area contributed by atoms with Gasteiger partial charge in [0.25, 0.3) is 10.0 Å². The third kappa shape index (κ3) is 3.90. The molecule has 0 spiro atoms. The van der Waals surface area contributed by atoms with Crippen LogP contribution < -0.4 is 4.72 Å². The molecule has 1 aromatic carbocycles. The van der Waals surface area contributed by atoms with Crippen molar-refractivity contribution in [2.24, 2.45) is 0 Å². The van der Waals surface area contributed by atoms with Crippen molar-refractivity contribution in [2.75, 3.05) is 11.3 Å². The number of aryl methyl sites for hydroxylation is 2. The summed E-state index contributed by atoms with van der Waals surface area (Å²) in [6.07, 6.45) is 0. The predicted molar refractivity (Wildman–Crippen MR) is 93.5 cm³/mol. The molecular weight excluding hydrogens is 344 g/mol. The number of Topliss-reactive ketones (excluding diaryl/α,β-unsaturated/α-hetero) is 1. The molecule has 0 atom stereocenters. The van der Waals surface area contributed by atoms with Crippen molar-refractivity contribution in [3.8, 4) is 0 Å². The summed E-state index contributed by atoms with van der Waals surface area (Å²) < 4.78 is 33.0. The lowest BCUT2D eigenvalue weighted by molar-refractivity contribution is 0.0521. The number of benzene rings is 1. The van der Waals surface area contributed by atoms with Gasteiger partial charge in [0.1, 0.15) is 10.5 Å². The first-order chi connectivity index (χ1) is 11.7. The zero-order valence-corrected chi connectivity index (χ0v) is 15.3. The van der Waals surface area contributed by atoms with Gasteiger partial charge in [-0.2, -0.15) is 0 Å². The molecule has 0 amide bonds. The Hall–Kier alpha value is -2.61. The maximum atomic E-state index is 12.8. The van der Waals surface area contributed by atoms with Crippen LogP contribution in [0.1, 0.15) is 46.0 Å². The molecule has 2 N–H and O–H groups in total. The van der Waals surface area contributed by atoms with E-state index >= 15 is 0 Å². The normalized spacial score (nSPS) is 11.2. The van der Waals surface area contributed by atoms with E-state index in [-0.39, 0.29) is 28.5 Å². The van der Waals surface area contributed by atoms with Crippen LogP contribution in [0.3, 0.4) is 0 Å². The van der Waals surface area contributed by atoms with Crippen molar-refractivity contribution in [3.63, 3.8) is 0 Å². The summed E-state index contributed by atoms with van der Waals surface area (Å²) in [7, 11) is -4.05. The molecule has 0 aliphatic rings. The third-order valence-corrected chi connectivity index (χ3v) is 5.14. The van der Waals surface area contributed by atoms with E-state index in [2.05, 4.69) is 9.71 Å². The molecule has 2 aromatic rings. The molecule has 2 rings (SSSR count). The van der Waals surface area contributed by atoms with Gasteiger partial charge in [-0.05, 0) is 39.8 Å². The molecule has 0 bridgehead atoms. The first-order valence-electron chi connectivity index (χ1n) is 7.67. The van der Waals surface area contributed by atoms with Crippen molar-refractivity contribution < 1.29 is 22.7 Å². The molecule has 8 heteroatoms. The number of ketones is 1. The molecule has 25 heavy (non-hydrogen) atoms. The van der Waals surface area contributed by atoms with E-state index in [1.54, 1.807) is 32.9 Å². The quantitative estimate of drug-likeness (QED) is 0.606. The van der Waals surface area contributed by atoms with E-state index < -0.39 is 16.0 Å². The Bertz CT molecular complexity index is 929. The van der Waals surface area contributed by atoms with Crippen LogP contribution in [0.5, 0.6) is 0 Å². The summed E-state index contributed by atoms with van der Waals surface area (Å²) in [5, 5.41) is 0. The summed E-state index contributed by atoms with van der Waals surface area (Å²) in [5.41, 5.74) is 1.34. The molecule has 0 aliphatic carbocycles. The van der Waals surface area contributed by atoms with Crippen LogP contribution >= 0.6 is 0 Å². The minimum absolute atomic E-state index is 0.0189. The molecule has 0 saturated carbocycles. The van der Waals surface area contributed by atoms with Gasteiger partial charge in [-0.15, -0.1) is 0 Å². The smallest absolute Gasteiger partial charge is 0.341 e. The van der Waals surface area contributed by atoms with Crippen molar-refractivity contribution >= 4 is 27.5 Å². The van der Waals surface area contributed by atoms with Gasteiger partial charge in [-0.1, -0.05) is 12.1 Å². The maximum absolute atomic E-state index is 12.8. The standard InChI is InChI=1S/C17H20N2O5S/c1-5-24-17(21)15-10(2)18-11(3)16(15)25(22,23)19-14-8-6-7-13(9-14)12(4)20/h6-9,18-19H,5H2,1-4H3. The highest BCUT2D eigenvalue weighted by Gasteiger charge is 2.30. The van der Waals surface area contributed by atoms with Crippen molar-refractivity contribution in [2.45, 2.75) is 32.6 Å². The molecule has 0 saturated heterocycles. The van der Waals surface area contributed by atoms with E-state index in [1.165, 1.54) is 19.1 Å². The molecule has 134 valence electrons. The van der Waals surface area contributed by atoms with E-state index in [0.29, 0.717) is 17.0 Å². The zero-order valence-electron chi connectivity index (χ0n) is 14.5. The Balaban J connectivity index is 2.49. The second-order valence-corrected chi connectivity index (χ2v) is 7.16. The second-order valence-electron chi connectivity index (χ2n) is 5.54. The van der Waals surface area contributed by atoms with Crippen LogP contribution in [0.25, 0.3) is 0 Å². The third-order valence-electron chi connectivity index (χ3n) is 3.59. The van der Waals surface area contributed by atoms with Crippen LogP contribution in [-0.4, -0.2) is 31.8 Å². The lowest BCUT2D eigenvalue weighted by Crippen LogP contribution is -2.18. The van der Waals surface area contributed by atoms with Gasteiger partial charge in [0, 0.05) is 22.6 Å². The number of carbonyl (C=O) groups excluding carboxylic acids is 2. The van der Waals surface area contributed by atoms with Gasteiger partial charge in [-0.25, -0.2) is 13.2 Å². The number of H-pyrrole nitrogens is 1. The number of anilines is 1. The van der Waals surface area contributed by atoms with Crippen molar-refractivity contribution in [1.29, 1.82) is 0 Å². The lowest BCUT2D eigenvalue weighted by Gasteiger charge is -2.11. The number of hydrogen-bond donors (Lipinski definition) is 2. The fraction of sp³-hybridized carbons (Fsp3) is 0.294. The number of rotatable bonds is 6. The zero-order chi connectivity index (χ0) is 18.8. The summed E-state index contributed by atoms with van der Waals surface area (Å²) in [6, 6.07) is 6.15.